The van der Waals surface area contributed by atoms with E-state index in [9.17, 15) is 13.2 Å². The first-order valence-electron chi connectivity index (χ1n) is 6.89. The zero-order chi connectivity index (χ0) is 14.0. The Morgan fingerprint density at radius 3 is 2.68 bits per heavy atom. The molecule has 108 valence electrons. The van der Waals surface area contributed by atoms with E-state index in [2.05, 4.69) is 0 Å². The van der Waals surface area contributed by atoms with Crippen molar-refractivity contribution in [2.45, 2.75) is 57.5 Å². The molecule has 5 atom stereocenters. The van der Waals surface area contributed by atoms with Crippen LogP contribution in [0.4, 0.5) is 0 Å². The second-order valence-corrected chi connectivity index (χ2v) is 8.38. The Bertz CT molecular complexity index is 509. The van der Waals surface area contributed by atoms with Crippen molar-refractivity contribution in [2.75, 3.05) is 0 Å². The Labute approximate surface area is 113 Å². The van der Waals surface area contributed by atoms with Gasteiger partial charge in [-0.15, -0.1) is 0 Å². The zero-order valence-electron chi connectivity index (χ0n) is 11.5. The lowest BCUT2D eigenvalue weighted by Gasteiger charge is -2.29. The van der Waals surface area contributed by atoms with Crippen molar-refractivity contribution in [3.8, 4) is 0 Å². The molecule has 0 radical (unpaired) electrons. The molecule has 2 saturated carbocycles. The number of fused-ring (bicyclic) bond motifs is 1. The highest BCUT2D eigenvalue weighted by Crippen LogP contribution is 2.55. The Hall–Kier alpha value is -0.620. The third-order valence-electron chi connectivity index (χ3n) is 5.09. The van der Waals surface area contributed by atoms with E-state index in [1.165, 1.54) is 0 Å². The summed E-state index contributed by atoms with van der Waals surface area (Å²) in [5, 5.41) is -0.364. The summed E-state index contributed by atoms with van der Waals surface area (Å²) in [7, 11) is -3.43. The van der Waals surface area contributed by atoms with Gasteiger partial charge >= 0.3 is 5.97 Å². The lowest BCUT2D eigenvalue weighted by atomic mass is 9.89. The van der Waals surface area contributed by atoms with Gasteiger partial charge in [-0.25, -0.2) is 0 Å². The van der Waals surface area contributed by atoms with Crippen LogP contribution in [0.3, 0.4) is 0 Å². The van der Waals surface area contributed by atoms with Crippen molar-refractivity contribution in [1.82, 2.24) is 0 Å². The monoisotopic (exact) mass is 288 g/mol. The smallest absolute Gasteiger partial charge is 0.311 e. The molecule has 4 unspecified atom stereocenters. The van der Waals surface area contributed by atoms with Crippen molar-refractivity contribution in [2.24, 2.45) is 17.3 Å². The first-order valence-corrected chi connectivity index (χ1v) is 8.36. The number of hydrogen-bond donors (Lipinski definition) is 0. The summed E-state index contributed by atoms with van der Waals surface area (Å²) in [5.74, 6) is -0.0802. The van der Waals surface area contributed by atoms with Gasteiger partial charge in [0.15, 0.2) is 0 Å². The number of esters is 1. The molecule has 3 rings (SSSR count). The lowest BCUT2D eigenvalue weighted by Crippen LogP contribution is -2.40. The molecule has 0 aromatic carbocycles. The minimum Gasteiger partial charge on any atom is -0.459 e. The average molecular weight is 288 g/mol. The maximum absolute atomic E-state index is 12.1. The van der Waals surface area contributed by atoms with Crippen molar-refractivity contribution < 1.29 is 22.1 Å². The van der Waals surface area contributed by atoms with E-state index < -0.39 is 21.6 Å². The molecule has 2 aliphatic carbocycles. The average Bonchev–Trinajstić information content (AvgIpc) is 2.92. The van der Waals surface area contributed by atoms with Crippen molar-refractivity contribution in [3.05, 3.63) is 0 Å². The van der Waals surface area contributed by atoms with Gasteiger partial charge in [-0.05, 0) is 33.1 Å². The van der Waals surface area contributed by atoms with E-state index in [0.717, 1.165) is 6.42 Å². The first kappa shape index (κ1) is 13.4. The maximum atomic E-state index is 12.1. The van der Waals surface area contributed by atoms with Gasteiger partial charge in [0.2, 0.25) is 0 Å². The van der Waals surface area contributed by atoms with Crippen LogP contribution >= 0.6 is 0 Å². The Kier molecular flexibility index (Phi) is 2.78. The highest BCUT2D eigenvalue weighted by Gasteiger charge is 2.65. The molecule has 0 N–H and O–H groups in total. The molecule has 0 aromatic rings. The van der Waals surface area contributed by atoms with E-state index in [-0.39, 0.29) is 29.2 Å². The number of carbonyl (C=O) groups excluding carboxylic acids is 1. The SMILES string of the molecule is CCC(C)(C)C(=O)OC1C2CC3C(C2)S(=O)(=O)O[C@H]31. The van der Waals surface area contributed by atoms with Gasteiger partial charge in [0.05, 0.1) is 10.7 Å². The van der Waals surface area contributed by atoms with Gasteiger partial charge in [-0.2, -0.15) is 8.42 Å². The molecule has 3 fully saturated rings. The van der Waals surface area contributed by atoms with E-state index in [1.54, 1.807) is 0 Å². The summed E-state index contributed by atoms with van der Waals surface area (Å²) in [6, 6.07) is 0. The molecule has 0 aromatic heterocycles. The fourth-order valence-corrected chi connectivity index (χ4v) is 5.35. The van der Waals surface area contributed by atoms with Gasteiger partial charge in [0.1, 0.15) is 12.2 Å². The normalized spacial score (nSPS) is 42.6. The summed E-state index contributed by atoms with van der Waals surface area (Å²) in [6.45, 7) is 5.63. The molecule has 1 heterocycles. The maximum Gasteiger partial charge on any atom is 0.311 e. The summed E-state index contributed by atoms with van der Waals surface area (Å²) < 4.78 is 34.4. The minimum absolute atomic E-state index is 0.0255. The van der Waals surface area contributed by atoms with Crippen LogP contribution in [0.25, 0.3) is 0 Å². The second kappa shape index (κ2) is 3.95. The van der Waals surface area contributed by atoms with E-state index in [0.29, 0.717) is 12.8 Å². The van der Waals surface area contributed by atoms with Crippen molar-refractivity contribution in [3.63, 3.8) is 0 Å². The van der Waals surface area contributed by atoms with E-state index >= 15 is 0 Å². The van der Waals surface area contributed by atoms with E-state index in [1.807, 2.05) is 20.8 Å². The summed E-state index contributed by atoms with van der Waals surface area (Å²) in [6.07, 6.45) is 1.26. The van der Waals surface area contributed by atoms with Crippen LogP contribution in [0, 0.1) is 17.3 Å². The van der Waals surface area contributed by atoms with Crippen LogP contribution in [0.15, 0.2) is 0 Å². The molecule has 0 spiro atoms. The highest BCUT2D eigenvalue weighted by molar-refractivity contribution is 7.87. The summed E-state index contributed by atoms with van der Waals surface area (Å²) in [4.78, 5) is 12.1. The molecule has 1 saturated heterocycles. The van der Waals surface area contributed by atoms with Crippen LogP contribution in [0.2, 0.25) is 0 Å². The fraction of sp³-hybridized carbons (Fsp3) is 0.923. The third-order valence-corrected chi connectivity index (χ3v) is 6.87. The predicted octanol–water partition coefficient (Wildman–Crippen LogP) is 1.47. The van der Waals surface area contributed by atoms with Gasteiger partial charge in [0.25, 0.3) is 10.1 Å². The zero-order valence-corrected chi connectivity index (χ0v) is 12.3. The molecular weight excluding hydrogens is 268 g/mol. The topological polar surface area (TPSA) is 69.7 Å². The van der Waals surface area contributed by atoms with Crippen LogP contribution in [0.5, 0.6) is 0 Å². The van der Waals surface area contributed by atoms with Crippen molar-refractivity contribution in [1.29, 1.82) is 0 Å². The molecular formula is C13H20O5S. The van der Waals surface area contributed by atoms with Crippen LogP contribution in [-0.2, 0) is 23.8 Å². The van der Waals surface area contributed by atoms with Crippen molar-refractivity contribution >= 4 is 16.1 Å². The highest BCUT2D eigenvalue weighted by atomic mass is 32.2. The molecule has 2 bridgehead atoms. The van der Waals surface area contributed by atoms with Crippen LogP contribution in [-0.4, -0.2) is 31.8 Å². The Balaban J connectivity index is 1.77. The number of rotatable bonds is 3. The molecule has 19 heavy (non-hydrogen) atoms. The minimum atomic E-state index is -3.43. The Morgan fingerprint density at radius 2 is 2.05 bits per heavy atom. The quantitative estimate of drug-likeness (QED) is 0.581. The molecule has 1 aliphatic heterocycles. The number of ether oxygens (including phenoxy) is 1. The van der Waals surface area contributed by atoms with E-state index in [4.69, 9.17) is 8.92 Å². The van der Waals surface area contributed by atoms with Gasteiger partial charge < -0.3 is 4.74 Å². The first-order chi connectivity index (χ1) is 8.76. The lowest BCUT2D eigenvalue weighted by molar-refractivity contribution is -0.166. The molecule has 3 aliphatic rings. The summed E-state index contributed by atoms with van der Waals surface area (Å²) >= 11 is 0. The van der Waals surface area contributed by atoms with Crippen LogP contribution < -0.4 is 0 Å². The van der Waals surface area contributed by atoms with Gasteiger partial charge in [-0.1, -0.05) is 6.92 Å². The second-order valence-electron chi connectivity index (χ2n) is 6.59. The number of carbonyl (C=O) groups is 1. The standard InChI is InChI=1S/C13H20O5S/c1-4-13(2,3)12(14)17-10-7-5-8-9(6-7)19(15,16)18-11(8)10/h7-11H,4-6H2,1-3H3/t7?,8?,9?,10?,11-/m1/s1. The Morgan fingerprint density at radius 1 is 1.37 bits per heavy atom. The number of hydrogen-bond acceptors (Lipinski definition) is 5. The van der Waals surface area contributed by atoms with Crippen LogP contribution in [0.1, 0.15) is 40.0 Å². The molecule has 6 heteroatoms. The third kappa shape index (κ3) is 1.83. The molecule has 5 nitrogen and oxygen atoms in total. The largest absolute Gasteiger partial charge is 0.459 e. The van der Waals surface area contributed by atoms with Gasteiger partial charge in [0, 0.05) is 11.8 Å². The van der Waals surface area contributed by atoms with Gasteiger partial charge in [-0.3, -0.25) is 8.98 Å². The fourth-order valence-electron chi connectivity index (χ4n) is 3.47. The predicted molar refractivity (Wildman–Crippen MR) is 67.7 cm³/mol. The summed E-state index contributed by atoms with van der Waals surface area (Å²) in [5.41, 5.74) is -0.529. The molecule has 0 amide bonds.